The van der Waals surface area contributed by atoms with Crippen LogP contribution in [0.1, 0.15) is 6.42 Å². The lowest BCUT2D eigenvalue weighted by Gasteiger charge is -2.18. The predicted molar refractivity (Wildman–Crippen MR) is 98.2 cm³/mol. The van der Waals surface area contributed by atoms with Crippen molar-refractivity contribution in [2.24, 2.45) is 0 Å². The first-order valence-corrected chi connectivity index (χ1v) is 8.44. The maximum absolute atomic E-state index is 12.8. The van der Waals surface area contributed by atoms with Crippen molar-refractivity contribution in [2.45, 2.75) is 12.5 Å². The fraction of sp³-hybridized carbons (Fsp3) is 0.222. The summed E-state index contributed by atoms with van der Waals surface area (Å²) in [6, 6.07) is 11.7. The molecule has 1 heterocycles. The van der Waals surface area contributed by atoms with Gasteiger partial charge in [-0.2, -0.15) is 0 Å². The summed E-state index contributed by atoms with van der Waals surface area (Å²) in [6.45, 7) is 0. The van der Waals surface area contributed by atoms with Crippen molar-refractivity contribution in [3.8, 4) is 11.5 Å². The molecule has 1 aliphatic heterocycles. The van der Waals surface area contributed by atoms with Crippen LogP contribution < -0.4 is 19.7 Å². The molecule has 2 aromatic carbocycles. The first kappa shape index (κ1) is 17.3. The summed E-state index contributed by atoms with van der Waals surface area (Å²) in [7, 11) is 3.10. The van der Waals surface area contributed by atoms with Crippen LogP contribution in [0.3, 0.4) is 0 Å². The summed E-state index contributed by atoms with van der Waals surface area (Å²) >= 11 is 3.39. The Morgan fingerprint density at radius 1 is 1.12 bits per heavy atom. The Morgan fingerprint density at radius 2 is 1.88 bits per heavy atom. The van der Waals surface area contributed by atoms with E-state index in [9.17, 15) is 9.59 Å². The number of hydrogen-bond acceptors (Lipinski definition) is 5. The van der Waals surface area contributed by atoms with Crippen LogP contribution in [0.4, 0.5) is 11.4 Å². The number of anilines is 2. The number of ether oxygens (including phenoxy) is 2. The number of amides is 2. The van der Waals surface area contributed by atoms with Crippen molar-refractivity contribution in [1.82, 2.24) is 0 Å². The van der Waals surface area contributed by atoms with E-state index in [2.05, 4.69) is 21.2 Å². The van der Waals surface area contributed by atoms with E-state index in [0.717, 1.165) is 0 Å². The topological polar surface area (TPSA) is 67.9 Å². The van der Waals surface area contributed by atoms with Gasteiger partial charge in [0.15, 0.2) is 0 Å². The summed E-state index contributed by atoms with van der Waals surface area (Å²) in [5.74, 6) is 0.640. The Balaban J connectivity index is 1.85. The third kappa shape index (κ3) is 3.32. The summed E-state index contributed by atoms with van der Waals surface area (Å²) < 4.78 is 11.2. The molecule has 6 nitrogen and oxygen atoms in total. The molecule has 1 N–H and O–H groups in total. The number of para-hydroxylation sites is 1. The Morgan fingerprint density at radius 3 is 2.56 bits per heavy atom. The molecule has 0 aliphatic carbocycles. The normalized spacial score (nSPS) is 16.9. The standard InChI is InChI=1S/C18H17BrN2O4/c1-24-11-7-8-13(16(9-11)25-2)20-14-10-17(22)21(18(14)23)15-6-4-3-5-12(15)19/h3-9,14,20H,10H2,1-2H3. The van der Waals surface area contributed by atoms with Gasteiger partial charge >= 0.3 is 0 Å². The molecule has 1 atom stereocenters. The van der Waals surface area contributed by atoms with Gasteiger partial charge in [0.05, 0.1) is 32.0 Å². The van der Waals surface area contributed by atoms with Crippen molar-refractivity contribution in [3.63, 3.8) is 0 Å². The van der Waals surface area contributed by atoms with Gasteiger partial charge in [-0.1, -0.05) is 12.1 Å². The van der Waals surface area contributed by atoms with Gasteiger partial charge < -0.3 is 14.8 Å². The molecule has 1 unspecified atom stereocenters. The highest BCUT2D eigenvalue weighted by Gasteiger charge is 2.40. The third-order valence-corrected chi connectivity index (χ3v) is 4.65. The van der Waals surface area contributed by atoms with Gasteiger partial charge in [0.2, 0.25) is 5.91 Å². The van der Waals surface area contributed by atoms with E-state index < -0.39 is 6.04 Å². The van der Waals surface area contributed by atoms with Gasteiger partial charge in [-0.05, 0) is 40.2 Å². The van der Waals surface area contributed by atoms with Crippen LogP contribution in [-0.4, -0.2) is 32.1 Å². The van der Waals surface area contributed by atoms with Crippen molar-refractivity contribution in [3.05, 3.63) is 46.9 Å². The number of nitrogens with one attached hydrogen (secondary N) is 1. The van der Waals surface area contributed by atoms with E-state index in [-0.39, 0.29) is 18.2 Å². The van der Waals surface area contributed by atoms with Gasteiger partial charge in [-0.3, -0.25) is 9.59 Å². The monoisotopic (exact) mass is 404 g/mol. The summed E-state index contributed by atoms with van der Waals surface area (Å²) in [6.07, 6.45) is 0.0787. The Hall–Kier alpha value is -2.54. The fourth-order valence-corrected chi connectivity index (χ4v) is 3.20. The molecule has 0 radical (unpaired) electrons. The van der Waals surface area contributed by atoms with Crippen LogP contribution >= 0.6 is 15.9 Å². The summed E-state index contributed by atoms with van der Waals surface area (Å²) in [5, 5.41) is 3.10. The Bertz CT molecular complexity index is 824. The fourth-order valence-electron chi connectivity index (χ4n) is 2.74. The lowest BCUT2D eigenvalue weighted by atomic mass is 10.2. The lowest BCUT2D eigenvalue weighted by Crippen LogP contribution is -2.35. The van der Waals surface area contributed by atoms with Crippen molar-refractivity contribution in [2.75, 3.05) is 24.4 Å². The molecule has 3 rings (SSSR count). The molecular formula is C18H17BrN2O4. The average Bonchev–Trinajstić information content (AvgIpc) is 2.89. The van der Waals surface area contributed by atoms with E-state index in [4.69, 9.17) is 9.47 Å². The molecular weight excluding hydrogens is 388 g/mol. The molecule has 1 aliphatic rings. The average molecular weight is 405 g/mol. The molecule has 0 spiro atoms. The zero-order valence-electron chi connectivity index (χ0n) is 13.8. The van der Waals surface area contributed by atoms with Crippen LogP contribution in [0.5, 0.6) is 11.5 Å². The summed E-state index contributed by atoms with van der Waals surface area (Å²) in [4.78, 5) is 26.3. The lowest BCUT2D eigenvalue weighted by molar-refractivity contribution is -0.121. The molecule has 25 heavy (non-hydrogen) atoms. The number of methoxy groups -OCH3 is 2. The minimum atomic E-state index is -0.651. The number of benzene rings is 2. The smallest absolute Gasteiger partial charge is 0.256 e. The highest BCUT2D eigenvalue weighted by atomic mass is 79.9. The van der Waals surface area contributed by atoms with Crippen molar-refractivity contribution >= 4 is 39.1 Å². The van der Waals surface area contributed by atoms with E-state index >= 15 is 0 Å². The Labute approximate surface area is 153 Å². The minimum absolute atomic E-state index is 0.0787. The van der Waals surface area contributed by atoms with E-state index in [1.807, 2.05) is 6.07 Å². The van der Waals surface area contributed by atoms with Gasteiger partial charge in [-0.15, -0.1) is 0 Å². The number of nitrogens with zero attached hydrogens (tertiary/aromatic N) is 1. The zero-order valence-corrected chi connectivity index (χ0v) is 15.4. The van der Waals surface area contributed by atoms with Crippen LogP contribution in [0.2, 0.25) is 0 Å². The molecule has 130 valence electrons. The second-order valence-corrected chi connectivity index (χ2v) is 6.34. The molecule has 7 heteroatoms. The molecule has 2 amide bonds. The number of carbonyl (C=O) groups is 2. The minimum Gasteiger partial charge on any atom is -0.497 e. The van der Waals surface area contributed by atoms with Crippen LogP contribution in [-0.2, 0) is 9.59 Å². The first-order valence-electron chi connectivity index (χ1n) is 7.65. The number of carbonyl (C=O) groups excluding carboxylic acids is 2. The van der Waals surface area contributed by atoms with Gasteiger partial charge in [0.25, 0.3) is 5.91 Å². The van der Waals surface area contributed by atoms with E-state index in [1.54, 1.807) is 43.5 Å². The van der Waals surface area contributed by atoms with Gasteiger partial charge in [0, 0.05) is 10.5 Å². The highest BCUT2D eigenvalue weighted by Crippen LogP contribution is 2.34. The maximum atomic E-state index is 12.8. The largest absolute Gasteiger partial charge is 0.497 e. The zero-order chi connectivity index (χ0) is 18.0. The second-order valence-electron chi connectivity index (χ2n) is 5.49. The molecule has 0 aromatic heterocycles. The SMILES string of the molecule is COc1ccc(NC2CC(=O)N(c3ccccc3Br)C2=O)c(OC)c1. The van der Waals surface area contributed by atoms with Crippen molar-refractivity contribution in [1.29, 1.82) is 0 Å². The number of halogens is 1. The van der Waals surface area contributed by atoms with Crippen LogP contribution in [0.25, 0.3) is 0 Å². The highest BCUT2D eigenvalue weighted by molar-refractivity contribution is 9.10. The molecule has 1 fully saturated rings. The molecule has 1 saturated heterocycles. The number of hydrogen-bond donors (Lipinski definition) is 1. The Kier molecular flexibility index (Phi) is 4.94. The van der Waals surface area contributed by atoms with Crippen molar-refractivity contribution < 1.29 is 19.1 Å². The molecule has 0 bridgehead atoms. The number of imide groups is 1. The molecule has 2 aromatic rings. The van der Waals surface area contributed by atoms with E-state index in [1.165, 1.54) is 12.0 Å². The first-order chi connectivity index (χ1) is 12.0. The quantitative estimate of drug-likeness (QED) is 0.774. The van der Waals surface area contributed by atoms with Crippen LogP contribution in [0.15, 0.2) is 46.9 Å². The second kappa shape index (κ2) is 7.14. The molecule has 0 saturated carbocycles. The van der Waals surface area contributed by atoms with Crippen LogP contribution in [0, 0.1) is 0 Å². The summed E-state index contributed by atoms with van der Waals surface area (Å²) in [5.41, 5.74) is 1.17. The van der Waals surface area contributed by atoms with Gasteiger partial charge in [0.1, 0.15) is 17.5 Å². The number of rotatable bonds is 5. The van der Waals surface area contributed by atoms with E-state index in [0.29, 0.717) is 27.3 Å². The van der Waals surface area contributed by atoms with Gasteiger partial charge in [-0.25, -0.2) is 4.90 Å². The maximum Gasteiger partial charge on any atom is 0.256 e. The predicted octanol–water partition coefficient (Wildman–Crippen LogP) is 3.21. The third-order valence-electron chi connectivity index (χ3n) is 3.98.